The molecule has 4 atom stereocenters. The molecule has 1 heterocycles. The van der Waals surface area contributed by atoms with Crippen LogP contribution in [-0.2, 0) is 31.8 Å². The maximum absolute atomic E-state index is 15.1. The quantitative estimate of drug-likeness (QED) is 0.0591. The number of urea groups is 1. The molecule has 2 aromatic carbocycles. The summed E-state index contributed by atoms with van der Waals surface area (Å²) >= 11 is 0. The van der Waals surface area contributed by atoms with Crippen molar-refractivity contribution in [3.63, 3.8) is 0 Å². The first-order chi connectivity index (χ1) is 23.6. The summed E-state index contributed by atoms with van der Waals surface area (Å²) in [7, 11) is -2.57. The predicted molar refractivity (Wildman–Crippen MR) is 213 cm³/mol. The molecule has 1 aliphatic heterocycles. The average molecular weight is 723 g/mol. The van der Waals surface area contributed by atoms with Crippen LogP contribution in [0.3, 0.4) is 0 Å². The van der Waals surface area contributed by atoms with Gasteiger partial charge in [-0.2, -0.15) is 0 Å². The molecule has 0 saturated carbocycles. The minimum absolute atomic E-state index is 0.0131. The van der Waals surface area contributed by atoms with Crippen LogP contribution in [0.1, 0.15) is 38.8 Å². The molecule has 2 amide bonds. The van der Waals surface area contributed by atoms with Crippen molar-refractivity contribution in [3.8, 4) is 0 Å². The van der Waals surface area contributed by atoms with Gasteiger partial charge in [0, 0.05) is 42.5 Å². The minimum atomic E-state index is -1.29. The van der Waals surface area contributed by atoms with Crippen molar-refractivity contribution in [2.75, 3.05) is 39.9 Å². The molecule has 278 valence electrons. The van der Waals surface area contributed by atoms with E-state index in [-0.39, 0.29) is 31.7 Å². The number of hydrogen-bond donors (Lipinski definition) is 0. The summed E-state index contributed by atoms with van der Waals surface area (Å²) in [5, 5.41) is 0. The number of rotatable bonds is 20. The lowest BCUT2D eigenvalue weighted by atomic mass is 9.90. The molecule has 1 saturated heterocycles. The van der Waals surface area contributed by atoms with Crippen molar-refractivity contribution in [2.24, 2.45) is 0 Å². The van der Waals surface area contributed by atoms with Crippen LogP contribution >= 0.6 is 0 Å². The second kappa shape index (κ2) is 20.5. The van der Waals surface area contributed by atoms with Gasteiger partial charge in [0.25, 0.3) is 0 Å². The summed E-state index contributed by atoms with van der Waals surface area (Å²) in [5.74, 6) is 0. The van der Waals surface area contributed by atoms with Crippen LogP contribution in [0, 0.1) is 0 Å². The number of amides is 2. The van der Waals surface area contributed by atoms with E-state index in [0.717, 1.165) is 34.4 Å². The summed E-state index contributed by atoms with van der Waals surface area (Å²) in [6.45, 7) is 25.0. The highest BCUT2D eigenvalue weighted by Gasteiger charge is 2.48. The Labute approximate surface area is 306 Å². The zero-order chi connectivity index (χ0) is 36.7. The SMILES string of the molecule is CC(C)=CCN1C(=O)N(CC=C(C)C)[C@H](Cc2ccccc2)[C@H](OCOCC[Si](C)(C)C)[C@@H](OCOCC[Si](C)(C)C)[C@H]1Cc1ccccc1. The maximum Gasteiger partial charge on any atom is 0.321 e. The van der Waals surface area contributed by atoms with E-state index in [2.05, 4.69) is 128 Å². The second-order valence-electron chi connectivity index (χ2n) is 16.6. The molecule has 2 aromatic rings. The summed E-state index contributed by atoms with van der Waals surface area (Å²) in [4.78, 5) is 19.1. The number of allylic oxidation sites excluding steroid dienone is 2. The number of ether oxygens (including phenoxy) is 4. The normalized spacial score (nSPS) is 20.1. The smallest absolute Gasteiger partial charge is 0.321 e. The van der Waals surface area contributed by atoms with Crippen molar-refractivity contribution in [3.05, 3.63) is 95.1 Å². The van der Waals surface area contributed by atoms with Gasteiger partial charge in [-0.15, -0.1) is 0 Å². The highest BCUT2D eigenvalue weighted by Crippen LogP contribution is 2.31. The van der Waals surface area contributed by atoms with Gasteiger partial charge in [-0.05, 0) is 63.8 Å². The van der Waals surface area contributed by atoms with Gasteiger partial charge in [-0.25, -0.2) is 4.79 Å². The second-order valence-corrected chi connectivity index (χ2v) is 27.8. The Hall–Kier alpha value is -2.54. The van der Waals surface area contributed by atoms with Crippen LogP contribution in [0.15, 0.2) is 84.0 Å². The predicted octanol–water partition coefficient (Wildman–Crippen LogP) is 9.27. The Balaban J connectivity index is 2.16. The Bertz CT molecular complexity index is 1230. The highest BCUT2D eigenvalue weighted by molar-refractivity contribution is 6.76. The summed E-state index contributed by atoms with van der Waals surface area (Å²) in [6, 6.07) is 22.3. The molecule has 7 nitrogen and oxygen atoms in total. The number of benzene rings is 2. The van der Waals surface area contributed by atoms with Crippen LogP contribution in [0.5, 0.6) is 0 Å². The number of nitrogens with zero attached hydrogens (tertiary/aromatic N) is 2. The molecule has 1 fully saturated rings. The Kier molecular flexibility index (Phi) is 17.2. The van der Waals surface area contributed by atoms with Gasteiger partial charge in [0.2, 0.25) is 0 Å². The third-order valence-electron chi connectivity index (χ3n) is 9.02. The lowest BCUT2D eigenvalue weighted by molar-refractivity contribution is -0.187. The van der Waals surface area contributed by atoms with Crippen molar-refractivity contribution < 1.29 is 23.7 Å². The first-order valence-corrected chi connectivity index (χ1v) is 25.9. The monoisotopic (exact) mass is 722 g/mol. The molecule has 0 spiro atoms. The van der Waals surface area contributed by atoms with E-state index in [1.165, 1.54) is 0 Å². The molecule has 0 N–H and O–H groups in total. The van der Waals surface area contributed by atoms with Gasteiger partial charge in [-0.3, -0.25) is 0 Å². The molecule has 3 rings (SSSR count). The fraction of sp³-hybridized carbons (Fsp3) is 0.585. The van der Waals surface area contributed by atoms with Crippen LogP contribution in [0.2, 0.25) is 51.4 Å². The van der Waals surface area contributed by atoms with E-state index in [1.807, 2.05) is 21.9 Å². The topological polar surface area (TPSA) is 60.5 Å². The molecule has 0 bridgehead atoms. The van der Waals surface area contributed by atoms with Gasteiger partial charge >= 0.3 is 6.03 Å². The lowest BCUT2D eigenvalue weighted by Gasteiger charge is -2.38. The van der Waals surface area contributed by atoms with Gasteiger partial charge in [0.15, 0.2) is 0 Å². The minimum Gasteiger partial charge on any atom is -0.356 e. The number of carbonyl (C=O) groups excluding carboxylic acids is 1. The maximum atomic E-state index is 15.1. The van der Waals surface area contributed by atoms with E-state index in [0.29, 0.717) is 39.1 Å². The standard InChI is InChI=1S/C41H66N2O5Si2/c1-33(2)21-23-42-37(29-35-17-13-11-14-18-35)39(47-31-45-25-27-49(5,6)7)40(48-32-46-26-28-50(8,9)10)38(30-36-19-15-12-16-20-36)43(41(42)44)24-22-34(3)4/h11-22,37-40H,23-32H2,1-10H3/t37-,38-,39+,40+/m1/s1. The van der Waals surface area contributed by atoms with Crippen LogP contribution in [0.25, 0.3) is 0 Å². The van der Waals surface area contributed by atoms with Gasteiger partial charge in [0.1, 0.15) is 25.8 Å². The fourth-order valence-electron chi connectivity index (χ4n) is 5.93. The molecule has 9 heteroatoms. The van der Waals surface area contributed by atoms with E-state index in [4.69, 9.17) is 18.9 Å². The van der Waals surface area contributed by atoms with Gasteiger partial charge < -0.3 is 28.7 Å². The first-order valence-electron chi connectivity index (χ1n) is 18.4. The molecule has 0 unspecified atom stereocenters. The summed E-state index contributed by atoms with van der Waals surface area (Å²) < 4.78 is 26.1. The zero-order valence-electron chi connectivity index (χ0n) is 32.7. The van der Waals surface area contributed by atoms with E-state index >= 15 is 4.79 Å². The lowest BCUT2D eigenvalue weighted by Crippen LogP contribution is -2.53. The summed E-state index contributed by atoms with van der Waals surface area (Å²) in [5.41, 5.74) is 4.60. The Morgan fingerprint density at radius 3 is 1.30 bits per heavy atom. The molecule has 0 aliphatic carbocycles. The molecular weight excluding hydrogens is 657 g/mol. The van der Waals surface area contributed by atoms with Crippen molar-refractivity contribution >= 4 is 22.2 Å². The van der Waals surface area contributed by atoms with E-state index in [1.54, 1.807) is 0 Å². The fourth-order valence-corrected chi connectivity index (χ4v) is 7.45. The first kappa shape index (κ1) is 41.9. The van der Waals surface area contributed by atoms with Crippen LogP contribution in [-0.4, -0.2) is 96.2 Å². The zero-order valence-corrected chi connectivity index (χ0v) is 34.7. The molecule has 50 heavy (non-hydrogen) atoms. The molecule has 0 radical (unpaired) electrons. The highest BCUT2D eigenvalue weighted by atomic mass is 28.3. The third-order valence-corrected chi connectivity index (χ3v) is 12.4. The number of carbonyl (C=O) groups is 1. The van der Waals surface area contributed by atoms with Crippen LogP contribution < -0.4 is 0 Å². The van der Waals surface area contributed by atoms with Gasteiger partial charge in [-0.1, -0.05) is 123 Å². The van der Waals surface area contributed by atoms with E-state index < -0.39 is 28.4 Å². The Morgan fingerprint density at radius 1 is 0.620 bits per heavy atom. The van der Waals surface area contributed by atoms with Crippen molar-refractivity contribution in [1.29, 1.82) is 0 Å². The number of hydrogen-bond acceptors (Lipinski definition) is 5. The van der Waals surface area contributed by atoms with E-state index in [9.17, 15) is 0 Å². The van der Waals surface area contributed by atoms with Gasteiger partial charge in [0.05, 0.1) is 12.1 Å². The molecular formula is C41H66N2O5Si2. The molecule has 0 aromatic heterocycles. The third kappa shape index (κ3) is 15.0. The van der Waals surface area contributed by atoms with Crippen molar-refractivity contribution in [2.45, 2.75) is 116 Å². The van der Waals surface area contributed by atoms with Crippen LogP contribution in [0.4, 0.5) is 4.79 Å². The molecule has 1 aliphatic rings. The largest absolute Gasteiger partial charge is 0.356 e. The Morgan fingerprint density at radius 2 is 0.980 bits per heavy atom. The van der Waals surface area contributed by atoms with Crippen molar-refractivity contribution in [1.82, 2.24) is 9.80 Å². The summed E-state index contributed by atoms with van der Waals surface area (Å²) in [6.07, 6.45) is 4.55. The average Bonchev–Trinajstić information content (AvgIpc) is 3.11.